The van der Waals surface area contributed by atoms with E-state index in [1.807, 2.05) is 56.3 Å². The highest BCUT2D eigenvalue weighted by Crippen LogP contribution is 2.42. The Morgan fingerprint density at radius 3 is 2.67 bits per heavy atom. The van der Waals surface area contributed by atoms with Crippen LogP contribution in [0.15, 0.2) is 48.5 Å². The molecular formula is C30H35N5O4. The van der Waals surface area contributed by atoms with E-state index in [0.29, 0.717) is 42.3 Å². The second kappa shape index (κ2) is 12.4. The maximum atomic E-state index is 13.9. The molecule has 4 N–H and O–H groups in total. The van der Waals surface area contributed by atoms with Crippen molar-refractivity contribution in [3.05, 3.63) is 65.5 Å². The summed E-state index contributed by atoms with van der Waals surface area (Å²) in [6.45, 7) is 5.05. The number of amides is 2. The Balaban J connectivity index is 1.73. The number of H-pyrrole nitrogens is 1. The number of hydrogen-bond donors (Lipinski definition) is 3. The molecule has 0 saturated heterocycles. The molecule has 0 bridgehead atoms. The summed E-state index contributed by atoms with van der Waals surface area (Å²) in [5.41, 5.74) is 11.0. The average Bonchev–Trinajstić information content (AvgIpc) is 3.32. The van der Waals surface area contributed by atoms with Gasteiger partial charge in [-0.05, 0) is 75.5 Å². The molecule has 4 aromatic rings. The van der Waals surface area contributed by atoms with Crippen molar-refractivity contribution in [3.8, 4) is 22.6 Å². The summed E-state index contributed by atoms with van der Waals surface area (Å²) in [5, 5.41) is 2.70. The number of aryl methyl sites for hydroxylation is 2. The van der Waals surface area contributed by atoms with Gasteiger partial charge in [0, 0.05) is 18.2 Å². The summed E-state index contributed by atoms with van der Waals surface area (Å²) in [6.07, 6.45) is 3.34. The standard InChI is InChI=1S/C30H35N5O4/c1-19-11-14-25(26(17-19)39-16-7-5-6-15-31)35(3)30(37)23-13-12-22(29(38-4)28(23)32-18-36)21-9-8-10-24-27(21)34-20(2)33-24/h8-14,17-18H,5-7,15-16,31H2,1-4H3,(H,32,36)(H,33,34). The summed E-state index contributed by atoms with van der Waals surface area (Å²) in [6, 6.07) is 15.0. The molecule has 39 heavy (non-hydrogen) atoms. The first kappa shape index (κ1) is 27.7. The summed E-state index contributed by atoms with van der Waals surface area (Å²) >= 11 is 0. The van der Waals surface area contributed by atoms with Gasteiger partial charge in [-0.3, -0.25) is 9.59 Å². The predicted molar refractivity (Wildman–Crippen MR) is 155 cm³/mol. The number of unbranched alkanes of at least 4 members (excludes halogenated alkanes) is 2. The average molecular weight is 530 g/mol. The fourth-order valence-corrected chi connectivity index (χ4v) is 4.67. The van der Waals surface area contributed by atoms with Crippen LogP contribution < -0.4 is 25.4 Å². The lowest BCUT2D eigenvalue weighted by Gasteiger charge is -2.24. The van der Waals surface area contributed by atoms with Gasteiger partial charge < -0.3 is 30.4 Å². The molecule has 0 fully saturated rings. The second-order valence-corrected chi connectivity index (χ2v) is 9.39. The number of methoxy groups -OCH3 is 1. The topological polar surface area (TPSA) is 123 Å². The van der Waals surface area contributed by atoms with Crippen molar-refractivity contribution in [1.29, 1.82) is 0 Å². The van der Waals surface area contributed by atoms with Gasteiger partial charge in [0.2, 0.25) is 6.41 Å². The van der Waals surface area contributed by atoms with E-state index in [4.69, 9.17) is 15.2 Å². The molecule has 0 spiro atoms. The zero-order valence-electron chi connectivity index (χ0n) is 22.8. The summed E-state index contributed by atoms with van der Waals surface area (Å²) < 4.78 is 11.8. The molecule has 1 aromatic heterocycles. The number of carbonyl (C=O) groups is 2. The van der Waals surface area contributed by atoms with Gasteiger partial charge >= 0.3 is 0 Å². The highest BCUT2D eigenvalue weighted by molar-refractivity contribution is 6.13. The van der Waals surface area contributed by atoms with Crippen LogP contribution in [0.5, 0.6) is 11.5 Å². The molecule has 9 nitrogen and oxygen atoms in total. The minimum absolute atomic E-state index is 0.280. The lowest BCUT2D eigenvalue weighted by Crippen LogP contribution is -2.28. The molecule has 0 saturated carbocycles. The Hall–Kier alpha value is -4.37. The van der Waals surface area contributed by atoms with Gasteiger partial charge in [-0.15, -0.1) is 0 Å². The number of rotatable bonds is 12. The quantitative estimate of drug-likeness (QED) is 0.171. The van der Waals surface area contributed by atoms with E-state index < -0.39 is 0 Å². The smallest absolute Gasteiger partial charge is 0.260 e. The largest absolute Gasteiger partial charge is 0.494 e. The number of para-hydroxylation sites is 1. The third-order valence-corrected chi connectivity index (χ3v) is 6.60. The molecule has 4 rings (SSSR count). The summed E-state index contributed by atoms with van der Waals surface area (Å²) in [7, 11) is 3.20. The van der Waals surface area contributed by atoms with Crippen molar-refractivity contribution in [3.63, 3.8) is 0 Å². The predicted octanol–water partition coefficient (Wildman–Crippen LogP) is 5.21. The Morgan fingerprint density at radius 1 is 1.10 bits per heavy atom. The van der Waals surface area contributed by atoms with E-state index in [1.54, 1.807) is 13.1 Å². The molecular weight excluding hydrogens is 494 g/mol. The number of ether oxygens (including phenoxy) is 2. The van der Waals surface area contributed by atoms with E-state index in [9.17, 15) is 9.59 Å². The monoisotopic (exact) mass is 529 g/mol. The fraction of sp³-hybridized carbons (Fsp3) is 0.300. The van der Waals surface area contributed by atoms with Gasteiger partial charge in [-0.25, -0.2) is 4.98 Å². The van der Waals surface area contributed by atoms with Crippen LogP contribution in [0.2, 0.25) is 0 Å². The van der Waals surface area contributed by atoms with Crippen molar-refractivity contribution in [2.45, 2.75) is 33.1 Å². The number of nitrogens with zero attached hydrogens (tertiary/aromatic N) is 2. The third kappa shape index (κ3) is 5.88. The number of aromatic amines is 1. The number of aromatic nitrogens is 2. The maximum Gasteiger partial charge on any atom is 0.260 e. The molecule has 3 aromatic carbocycles. The molecule has 9 heteroatoms. The number of imidazole rings is 1. The van der Waals surface area contributed by atoms with Crippen molar-refractivity contribution in [1.82, 2.24) is 9.97 Å². The van der Waals surface area contributed by atoms with Gasteiger partial charge in [0.1, 0.15) is 11.6 Å². The number of anilines is 2. The van der Waals surface area contributed by atoms with Gasteiger partial charge in [0.05, 0.1) is 41.7 Å². The minimum atomic E-state index is -0.324. The van der Waals surface area contributed by atoms with Gasteiger partial charge in [-0.1, -0.05) is 18.2 Å². The Kier molecular flexibility index (Phi) is 8.83. The normalized spacial score (nSPS) is 10.9. The van der Waals surface area contributed by atoms with Crippen LogP contribution in [0.3, 0.4) is 0 Å². The summed E-state index contributed by atoms with van der Waals surface area (Å²) in [5.74, 6) is 1.45. The highest BCUT2D eigenvalue weighted by Gasteiger charge is 2.25. The molecule has 0 aliphatic heterocycles. The Bertz CT molecular complexity index is 1480. The Labute approximate surface area is 228 Å². The van der Waals surface area contributed by atoms with E-state index in [0.717, 1.165) is 47.2 Å². The highest BCUT2D eigenvalue weighted by atomic mass is 16.5. The molecule has 0 aliphatic rings. The van der Waals surface area contributed by atoms with Crippen LogP contribution in [0.4, 0.5) is 11.4 Å². The zero-order valence-corrected chi connectivity index (χ0v) is 22.8. The number of carbonyl (C=O) groups excluding carboxylic acids is 2. The van der Waals surface area contributed by atoms with Gasteiger partial charge in [0.25, 0.3) is 5.91 Å². The first-order valence-electron chi connectivity index (χ1n) is 13.0. The van der Waals surface area contributed by atoms with Crippen LogP contribution >= 0.6 is 0 Å². The first-order valence-corrected chi connectivity index (χ1v) is 13.0. The molecule has 2 amide bonds. The first-order chi connectivity index (χ1) is 18.9. The molecule has 0 aliphatic carbocycles. The van der Waals surface area contributed by atoms with Crippen LogP contribution in [0, 0.1) is 13.8 Å². The minimum Gasteiger partial charge on any atom is -0.494 e. The third-order valence-electron chi connectivity index (χ3n) is 6.60. The second-order valence-electron chi connectivity index (χ2n) is 9.39. The van der Waals surface area contributed by atoms with Crippen LogP contribution in [-0.4, -0.2) is 49.6 Å². The maximum absolute atomic E-state index is 13.9. The Morgan fingerprint density at radius 2 is 1.92 bits per heavy atom. The number of hydrogen-bond acceptors (Lipinski definition) is 6. The van der Waals surface area contributed by atoms with Gasteiger partial charge in [0.15, 0.2) is 5.75 Å². The van der Waals surface area contributed by atoms with Crippen LogP contribution in [0.25, 0.3) is 22.2 Å². The molecule has 1 heterocycles. The number of nitrogens with two attached hydrogens (primary N) is 1. The van der Waals surface area contributed by atoms with Crippen molar-refractivity contribution in [2.75, 3.05) is 37.5 Å². The lowest BCUT2D eigenvalue weighted by atomic mass is 9.98. The van der Waals surface area contributed by atoms with E-state index in [-0.39, 0.29) is 17.2 Å². The molecule has 204 valence electrons. The molecule has 0 atom stereocenters. The lowest BCUT2D eigenvalue weighted by molar-refractivity contribution is -0.105. The van der Waals surface area contributed by atoms with E-state index in [1.165, 1.54) is 12.0 Å². The van der Waals surface area contributed by atoms with Crippen LogP contribution in [0.1, 0.15) is 41.0 Å². The zero-order chi connectivity index (χ0) is 27.9. The fourth-order valence-electron chi connectivity index (χ4n) is 4.67. The van der Waals surface area contributed by atoms with Crippen LogP contribution in [-0.2, 0) is 4.79 Å². The number of benzene rings is 3. The van der Waals surface area contributed by atoms with Gasteiger partial charge in [-0.2, -0.15) is 0 Å². The van der Waals surface area contributed by atoms with E-state index in [2.05, 4.69) is 15.3 Å². The number of fused-ring (bicyclic) bond motifs is 1. The number of nitrogens with one attached hydrogen (secondary N) is 2. The van der Waals surface area contributed by atoms with E-state index >= 15 is 0 Å². The molecule has 0 unspecified atom stereocenters. The van der Waals surface area contributed by atoms with Crippen molar-refractivity contribution in [2.24, 2.45) is 5.73 Å². The summed E-state index contributed by atoms with van der Waals surface area (Å²) in [4.78, 5) is 34.9. The van der Waals surface area contributed by atoms with Crippen molar-refractivity contribution < 1.29 is 19.1 Å². The van der Waals surface area contributed by atoms with Crippen molar-refractivity contribution >= 4 is 34.7 Å². The SMILES string of the molecule is COc1c(-c2cccc3[nH]c(C)nc23)ccc(C(=O)N(C)c2ccc(C)cc2OCCCCCN)c1NC=O. The molecule has 0 radical (unpaired) electrons.